The average molecular weight is 309 g/mol. The van der Waals surface area contributed by atoms with Gasteiger partial charge in [0.05, 0.1) is 12.5 Å². The number of hydrogen-bond donors (Lipinski definition) is 0. The molecule has 2 aromatic rings. The van der Waals surface area contributed by atoms with Gasteiger partial charge in [-0.25, -0.2) is 9.97 Å². The number of halogens is 1. The molecule has 1 aliphatic carbocycles. The van der Waals surface area contributed by atoms with Crippen LogP contribution in [0.2, 0.25) is 0 Å². The van der Waals surface area contributed by atoms with E-state index < -0.39 is 0 Å². The number of hydrogen-bond acceptors (Lipinski definition) is 4. The van der Waals surface area contributed by atoms with Crippen molar-refractivity contribution in [3.63, 3.8) is 0 Å². The molecule has 5 nitrogen and oxygen atoms in total. The number of nitrogens with zero attached hydrogens (tertiary/aromatic N) is 4. The smallest absolute Gasteiger partial charge is 0.245 e. The van der Waals surface area contributed by atoms with E-state index in [-0.39, 0.29) is 5.38 Å². The second-order valence-corrected chi connectivity index (χ2v) is 6.31. The zero-order chi connectivity index (χ0) is 14.8. The van der Waals surface area contributed by atoms with Gasteiger partial charge in [0.1, 0.15) is 12.2 Å². The van der Waals surface area contributed by atoms with Crippen LogP contribution in [0.3, 0.4) is 0 Å². The van der Waals surface area contributed by atoms with Crippen molar-refractivity contribution < 1.29 is 4.74 Å². The summed E-state index contributed by atoms with van der Waals surface area (Å²) in [5.74, 6) is 1.39. The molecule has 3 rings (SSSR count). The van der Waals surface area contributed by atoms with Crippen molar-refractivity contribution in [3.8, 4) is 5.88 Å². The Morgan fingerprint density at radius 1 is 1.24 bits per heavy atom. The zero-order valence-electron chi connectivity index (χ0n) is 12.5. The van der Waals surface area contributed by atoms with E-state index in [9.17, 15) is 0 Å². The second-order valence-electron chi connectivity index (χ2n) is 5.66. The van der Waals surface area contributed by atoms with Crippen LogP contribution < -0.4 is 4.74 Å². The molecule has 1 aliphatic rings. The molecule has 1 unspecified atom stereocenters. The average Bonchev–Trinajstić information content (AvgIpc) is 2.68. The van der Waals surface area contributed by atoms with Crippen molar-refractivity contribution in [3.05, 3.63) is 12.2 Å². The lowest BCUT2D eigenvalue weighted by Crippen LogP contribution is -2.13. The standard InChI is InChI=1S/C15H21ClN4O/c1-10(16)13-19-12-14(17-9-18-15(12)21-2)20(13)11-7-5-3-4-6-8-11/h9-11H,3-8H2,1-2H3. The highest BCUT2D eigenvalue weighted by molar-refractivity contribution is 6.20. The van der Waals surface area contributed by atoms with Gasteiger partial charge in [-0.1, -0.05) is 25.7 Å². The maximum atomic E-state index is 6.36. The Bertz CT molecular complexity index is 617. The van der Waals surface area contributed by atoms with Crippen LogP contribution in [-0.2, 0) is 0 Å². The quantitative estimate of drug-likeness (QED) is 0.634. The van der Waals surface area contributed by atoms with Crippen LogP contribution >= 0.6 is 11.6 Å². The molecule has 6 heteroatoms. The second kappa shape index (κ2) is 6.18. The highest BCUT2D eigenvalue weighted by Crippen LogP contribution is 2.35. The lowest BCUT2D eigenvalue weighted by molar-refractivity contribution is 0.401. The van der Waals surface area contributed by atoms with Gasteiger partial charge in [0, 0.05) is 6.04 Å². The fraction of sp³-hybridized carbons (Fsp3) is 0.667. The van der Waals surface area contributed by atoms with Gasteiger partial charge in [-0.2, -0.15) is 4.98 Å². The molecular formula is C15H21ClN4O. The fourth-order valence-electron chi connectivity index (χ4n) is 3.21. The van der Waals surface area contributed by atoms with Gasteiger partial charge < -0.3 is 9.30 Å². The number of ether oxygens (including phenoxy) is 1. The van der Waals surface area contributed by atoms with Crippen molar-refractivity contribution >= 4 is 22.8 Å². The number of rotatable bonds is 3. The van der Waals surface area contributed by atoms with E-state index in [0.29, 0.717) is 17.4 Å². The molecule has 1 saturated carbocycles. The third-order valence-corrected chi connectivity index (χ3v) is 4.40. The highest BCUT2D eigenvalue weighted by atomic mass is 35.5. The minimum atomic E-state index is -0.160. The molecule has 2 heterocycles. The third kappa shape index (κ3) is 2.71. The molecule has 0 radical (unpaired) electrons. The molecule has 0 aromatic carbocycles. The van der Waals surface area contributed by atoms with Crippen LogP contribution in [0.5, 0.6) is 5.88 Å². The largest absolute Gasteiger partial charge is 0.479 e. The molecule has 114 valence electrons. The molecule has 0 aliphatic heterocycles. The van der Waals surface area contributed by atoms with Crippen molar-refractivity contribution in [1.82, 2.24) is 19.5 Å². The fourth-order valence-corrected chi connectivity index (χ4v) is 3.36. The summed E-state index contributed by atoms with van der Waals surface area (Å²) in [5, 5.41) is -0.160. The predicted molar refractivity (Wildman–Crippen MR) is 82.9 cm³/mol. The molecule has 0 spiro atoms. The minimum absolute atomic E-state index is 0.160. The van der Waals surface area contributed by atoms with Gasteiger partial charge in [-0.3, -0.25) is 0 Å². The molecule has 0 amide bonds. The Morgan fingerprint density at radius 2 is 1.95 bits per heavy atom. The summed E-state index contributed by atoms with van der Waals surface area (Å²) in [4.78, 5) is 13.3. The van der Waals surface area contributed by atoms with Gasteiger partial charge in [0.25, 0.3) is 0 Å². The lowest BCUT2D eigenvalue weighted by atomic mass is 10.1. The molecule has 0 N–H and O–H groups in total. The summed E-state index contributed by atoms with van der Waals surface area (Å²) in [7, 11) is 1.61. The van der Waals surface area contributed by atoms with E-state index >= 15 is 0 Å². The van der Waals surface area contributed by atoms with Crippen LogP contribution in [0.1, 0.15) is 62.7 Å². The van der Waals surface area contributed by atoms with Crippen LogP contribution in [0.15, 0.2) is 6.33 Å². The third-order valence-electron chi connectivity index (χ3n) is 4.21. The highest BCUT2D eigenvalue weighted by Gasteiger charge is 2.25. The summed E-state index contributed by atoms with van der Waals surface area (Å²) in [6.45, 7) is 1.95. The van der Waals surface area contributed by atoms with E-state index in [1.165, 1.54) is 25.7 Å². The maximum Gasteiger partial charge on any atom is 0.245 e. The molecule has 0 saturated heterocycles. The normalized spacial score (nSPS) is 18.6. The predicted octanol–water partition coefficient (Wildman–Crippen LogP) is 4.03. The first-order chi connectivity index (χ1) is 10.2. The monoisotopic (exact) mass is 308 g/mol. The Labute approximate surface area is 129 Å². The molecular weight excluding hydrogens is 288 g/mol. The van der Waals surface area contributed by atoms with Crippen molar-refractivity contribution in [2.24, 2.45) is 0 Å². The summed E-state index contributed by atoms with van der Waals surface area (Å²) in [6.07, 6.45) is 8.99. The SMILES string of the molecule is COc1ncnc2c1nc(C(C)Cl)n2C1CCCCCC1. The number of alkyl halides is 1. The molecule has 21 heavy (non-hydrogen) atoms. The lowest BCUT2D eigenvalue weighted by Gasteiger charge is -2.20. The first-order valence-electron chi connectivity index (χ1n) is 7.63. The van der Waals surface area contributed by atoms with Crippen LogP contribution in [-0.4, -0.2) is 26.6 Å². The Balaban J connectivity index is 2.16. The summed E-state index contributed by atoms with van der Waals surface area (Å²) in [6, 6.07) is 0.424. The number of imidazole rings is 1. The van der Waals surface area contributed by atoms with Crippen LogP contribution in [0.25, 0.3) is 11.2 Å². The molecule has 2 aromatic heterocycles. The Kier molecular flexibility index (Phi) is 4.29. The zero-order valence-corrected chi connectivity index (χ0v) is 13.3. The number of fused-ring (bicyclic) bond motifs is 1. The first kappa shape index (κ1) is 14.6. The summed E-state index contributed by atoms with van der Waals surface area (Å²) >= 11 is 6.36. The summed E-state index contributed by atoms with van der Waals surface area (Å²) < 4.78 is 7.54. The first-order valence-corrected chi connectivity index (χ1v) is 8.07. The van der Waals surface area contributed by atoms with Crippen molar-refractivity contribution in [1.29, 1.82) is 0 Å². The van der Waals surface area contributed by atoms with Gasteiger partial charge in [-0.05, 0) is 19.8 Å². The van der Waals surface area contributed by atoms with Crippen LogP contribution in [0, 0.1) is 0 Å². The van der Waals surface area contributed by atoms with Gasteiger partial charge in [0.15, 0.2) is 11.2 Å². The minimum Gasteiger partial charge on any atom is -0.479 e. The maximum absolute atomic E-state index is 6.36. The molecule has 1 fully saturated rings. The Morgan fingerprint density at radius 3 is 2.57 bits per heavy atom. The van der Waals surface area contributed by atoms with Gasteiger partial charge in [-0.15, -0.1) is 11.6 Å². The number of aromatic nitrogens is 4. The van der Waals surface area contributed by atoms with Gasteiger partial charge in [0.2, 0.25) is 5.88 Å². The van der Waals surface area contributed by atoms with Crippen molar-refractivity contribution in [2.45, 2.75) is 56.9 Å². The molecule has 0 bridgehead atoms. The van der Waals surface area contributed by atoms with Gasteiger partial charge >= 0.3 is 0 Å². The van der Waals surface area contributed by atoms with E-state index in [4.69, 9.17) is 16.3 Å². The van der Waals surface area contributed by atoms with E-state index in [2.05, 4.69) is 19.5 Å². The summed E-state index contributed by atoms with van der Waals surface area (Å²) in [5.41, 5.74) is 1.56. The van der Waals surface area contributed by atoms with Crippen LogP contribution in [0.4, 0.5) is 0 Å². The van der Waals surface area contributed by atoms with E-state index in [1.807, 2.05) is 6.92 Å². The van der Waals surface area contributed by atoms with E-state index in [0.717, 1.165) is 24.3 Å². The Hall–Kier alpha value is -1.36. The number of methoxy groups -OCH3 is 1. The van der Waals surface area contributed by atoms with Crippen molar-refractivity contribution in [2.75, 3.05) is 7.11 Å². The topological polar surface area (TPSA) is 52.8 Å². The molecule has 1 atom stereocenters. The van der Waals surface area contributed by atoms with E-state index in [1.54, 1.807) is 13.4 Å².